The monoisotopic (exact) mass is 380 g/mol. The first-order valence-corrected chi connectivity index (χ1v) is 9.83. The van der Waals surface area contributed by atoms with Crippen molar-refractivity contribution in [2.24, 2.45) is 0 Å². The molecule has 0 radical (unpaired) electrons. The summed E-state index contributed by atoms with van der Waals surface area (Å²) in [6.07, 6.45) is 1.43. The van der Waals surface area contributed by atoms with E-state index in [1.165, 1.54) is 5.56 Å². The second kappa shape index (κ2) is 9.02. The number of rotatable bonds is 6. The molecule has 0 saturated carbocycles. The van der Waals surface area contributed by atoms with Crippen LogP contribution < -0.4 is 0 Å². The van der Waals surface area contributed by atoms with Crippen LogP contribution in [-0.4, -0.2) is 54.0 Å². The number of hydrogen-bond donors (Lipinski definition) is 0. The van der Waals surface area contributed by atoms with Gasteiger partial charge >= 0.3 is 5.97 Å². The first-order valence-electron chi connectivity index (χ1n) is 9.83. The fraction of sp³-hybridized carbons (Fsp3) is 0.391. The van der Waals surface area contributed by atoms with Crippen molar-refractivity contribution in [1.29, 1.82) is 0 Å². The predicted molar refractivity (Wildman–Crippen MR) is 109 cm³/mol. The average Bonchev–Trinajstić information content (AvgIpc) is 2.74. The minimum Gasteiger partial charge on any atom is -0.464 e. The standard InChI is InChI=1S/C23H28N2O3/c1-3-28-22(27)23(24(2)21(26)20-13-8-5-9-14-20)15-10-16-25(18-23)17-19-11-6-4-7-12-19/h4-9,11-14H,3,10,15-18H2,1-2H3. The highest BCUT2D eigenvalue weighted by Gasteiger charge is 2.49. The number of amides is 1. The molecule has 1 unspecified atom stereocenters. The number of piperidine rings is 1. The van der Waals surface area contributed by atoms with Gasteiger partial charge in [-0.25, -0.2) is 4.79 Å². The van der Waals surface area contributed by atoms with Gasteiger partial charge in [-0.1, -0.05) is 48.5 Å². The van der Waals surface area contributed by atoms with Gasteiger partial charge in [-0.2, -0.15) is 0 Å². The van der Waals surface area contributed by atoms with Gasteiger partial charge in [-0.15, -0.1) is 0 Å². The summed E-state index contributed by atoms with van der Waals surface area (Å²) in [6.45, 7) is 4.20. The molecule has 1 atom stereocenters. The van der Waals surface area contributed by atoms with Crippen LogP contribution in [0.2, 0.25) is 0 Å². The Morgan fingerprint density at radius 2 is 1.71 bits per heavy atom. The van der Waals surface area contributed by atoms with Crippen molar-refractivity contribution in [2.45, 2.75) is 31.8 Å². The first kappa shape index (κ1) is 20.1. The van der Waals surface area contributed by atoms with E-state index in [0.717, 1.165) is 19.5 Å². The van der Waals surface area contributed by atoms with E-state index in [4.69, 9.17) is 4.74 Å². The van der Waals surface area contributed by atoms with Gasteiger partial charge in [0.05, 0.1) is 6.61 Å². The van der Waals surface area contributed by atoms with Crippen LogP contribution in [0.25, 0.3) is 0 Å². The van der Waals surface area contributed by atoms with Crippen molar-refractivity contribution in [2.75, 3.05) is 26.7 Å². The number of carbonyl (C=O) groups is 2. The van der Waals surface area contributed by atoms with Gasteiger partial charge in [0.15, 0.2) is 5.54 Å². The lowest BCUT2D eigenvalue weighted by atomic mass is 9.86. The minimum absolute atomic E-state index is 0.157. The van der Waals surface area contributed by atoms with E-state index in [1.807, 2.05) is 36.4 Å². The van der Waals surface area contributed by atoms with Crippen molar-refractivity contribution in [3.05, 3.63) is 71.8 Å². The van der Waals surface area contributed by atoms with E-state index in [0.29, 0.717) is 25.1 Å². The van der Waals surface area contributed by atoms with E-state index in [2.05, 4.69) is 17.0 Å². The molecule has 0 aromatic heterocycles. The summed E-state index contributed by atoms with van der Waals surface area (Å²) in [6, 6.07) is 19.3. The molecule has 2 aromatic rings. The lowest BCUT2D eigenvalue weighted by Gasteiger charge is -2.46. The zero-order chi connectivity index (χ0) is 20.0. The van der Waals surface area contributed by atoms with Crippen molar-refractivity contribution < 1.29 is 14.3 Å². The van der Waals surface area contributed by atoms with Crippen LogP contribution in [0.4, 0.5) is 0 Å². The van der Waals surface area contributed by atoms with E-state index in [9.17, 15) is 9.59 Å². The number of esters is 1. The second-order valence-electron chi connectivity index (χ2n) is 7.28. The maximum absolute atomic E-state index is 13.1. The quantitative estimate of drug-likeness (QED) is 0.721. The Kier molecular flexibility index (Phi) is 6.47. The van der Waals surface area contributed by atoms with Crippen LogP contribution in [0.5, 0.6) is 0 Å². The van der Waals surface area contributed by atoms with Crippen molar-refractivity contribution >= 4 is 11.9 Å². The third kappa shape index (κ3) is 4.25. The molecule has 1 heterocycles. The van der Waals surface area contributed by atoms with E-state index in [1.54, 1.807) is 31.0 Å². The number of benzene rings is 2. The van der Waals surface area contributed by atoms with E-state index >= 15 is 0 Å². The summed E-state index contributed by atoms with van der Waals surface area (Å²) in [5.41, 5.74) is 0.795. The minimum atomic E-state index is -0.976. The molecule has 1 amide bonds. The molecule has 148 valence electrons. The Morgan fingerprint density at radius 1 is 1.07 bits per heavy atom. The SMILES string of the molecule is CCOC(=O)C1(N(C)C(=O)c2ccccc2)CCCN(Cc2ccccc2)C1. The molecular weight excluding hydrogens is 352 g/mol. The molecule has 5 nitrogen and oxygen atoms in total. The molecule has 1 saturated heterocycles. The number of ether oxygens (including phenoxy) is 1. The largest absolute Gasteiger partial charge is 0.464 e. The Balaban J connectivity index is 1.86. The van der Waals surface area contributed by atoms with Crippen LogP contribution in [-0.2, 0) is 16.1 Å². The molecule has 0 aliphatic carbocycles. The lowest BCUT2D eigenvalue weighted by molar-refractivity contribution is -0.159. The van der Waals surface area contributed by atoms with Crippen LogP contribution in [0.15, 0.2) is 60.7 Å². The molecule has 2 aromatic carbocycles. The molecule has 0 N–H and O–H groups in total. The normalized spacial score (nSPS) is 19.8. The molecule has 1 aliphatic rings. The molecule has 5 heteroatoms. The molecular formula is C23H28N2O3. The van der Waals surface area contributed by atoms with Crippen molar-refractivity contribution in [1.82, 2.24) is 9.80 Å². The van der Waals surface area contributed by atoms with Gasteiger partial charge in [0, 0.05) is 25.7 Å². The smallest absolute Gasteiger partial charge is 0.333 e. The number of nitrogens with zero attached hydrogens (tertiary/aromatic N) is 2. The lowest BCUT2D eigenvalue weighted by Crippen LogP contribution is -2.64. The number of likely N-dealkylation sites (N-methyl/N-ethyl adjacent to an activating group) is 1. The highest BCUT2D eigenvalue weighted by Crippen LogP contribution is 2.30. The van der Waals surface area contributed by atoms with Crippen LogP contribution in [0.3, 0.4) is 0 Å². The Morgan fingerprint density at radius 3 is 2.36 bits per heavy atom. The van der Waals surface area contributed by atoms with Gasteiger partial charge in [0.2, 0.25) is 0 Å². The zero-order valence-electron chi connectivity index (χ0n) is 16.6. The Hall–Kier alpha value is -2.66. The summed E-state index contributed by atoms with van der Waals surface area (Å²) in [4.78, 5) is 30.0. The molecule has 0 bridgehead atoms. The second-order valence-corrected chi connectivity index (χ2v) is 7.28. The van der Waals surface area contributed by atoms with Crippen LogP contribution >= 0.6 is 0 Å². The Bertz CT molecular complexity index is 794. The molecule has 1 aliphatic heterocycles. The summed E-state index contributed by atoms with van der Waals surface area (Å²) >= 11 is 0. The van der Waals surface area contributed by atoms with Crippen LogP contribution in [0, 0.1) is 0 Å². The first-order chi connectivity index (χ1) is 13.6. The zero-order valence-corrected chi connectivity index (χ0v) is 16.6. The topological polar surface area (TPSA) is 49.9 Å². The predicted octanol–water partition coefficient (Wildman–Crippen LogP) is 3.36. The molecule has 28 heavy (non-hydrogen) atoms. The van der Waals surface area contributed by atoms with Crippen molar-refractivity contribution in [3.63, 3.8) is 0 Å². The fourth-order valence-electron chi connectivity index (χ4n) is 3.91. The van der Waals surface area contributed by atoms with E-state index < -0.39 is 5.54 Å². The van der Waals surface area contributed by atoms with Gasteiger partial charge in [-0.3, -0.25) is 9.69 Å². The summed E-state index contributed by atoms with van der Waals surface area (Å²) in [7, 11) is 1.72. The van der Waals surface area contributed by atoms with Crippen molar-refractivity contribution in [3.8, 4) is 0 Å². The number of likely N-dealkylation sites (tertiary alicyclic amines) is 1. The van der Waals surface area contributed by atoms with Crippen LogP contribution in [0.1, 0.15) is 35.7 Å². The summed E-state index contributed by atoms with van der Waals surface area (Å²) in [5, 5.41) is 0. The number of carbonyl (C=O) groups excluding carboxylic acids is 2. The highest BCUT2D eigenvalue weighted by atomic mass is 16.5. The third-order valence-electron chi connectivity index (χ3n) is 5.42. The number of hydrogen-bond acceptors (Lipinski definition) is 4. The fourth-order valence-corrected chi connectivity index (χ4v) is 3.91. The Labute approximate surface area is 166 Å². The molecule has 1 fully saturated rings. The summed E-state index contributed by atoms with van der Waals surface area (Å²) in [5.74, 6) is -0.477. The highest BCUT2D eigenvalue weighted by molar-refractivity contribution is 5.98. The van der Waals surface area contributed by atoms with Gasteiger partial charge in [-0.05, 0) is 44.0 Å². The van der Waals surface area contributed by atoms with Gasteiger partial charge in [0.1, 0.15) is 0 Å². The molecule has 0 spiro atoms. The maximum Gasteiger partial charge on any atom is 0.333 e. The third-order valence-corrected chi connectivity index (χ3v) is 5.42. The summed E-state index contributed by atoms with van der Waals surface area (Å²) < 4.78 is 5.43. The average molecular weight is 380 g/mol. The van der Waals surface area contributed by atoms with E-state index in [-0.39, 0.29) is 11.9 Å². The van der Waals surface area contributed by atoms with Gasteiger partial charge in [0.25, 0.3) is 5.91 Å². The molecule has 3 rings (SSSR count). The van der Waals surface area contributed by atoms with Gasteiger partial charge < -0.3 is 9.64 Å². The maximum atomic E-state index is 13.1.